The third-order valence-corrected chi connectivity index (χ3v) is 3.68. The predicted molar refractivity (Wildman–Crippen MR) is 101 cm³/mol. The summed E-state index contributed by atoms with van der Waals surface area (Å²) in [7, 11) is 0. The Morgan fingerprint density at radius 1 is 1.32 bits per heavy atom. The van der Waals surface area contributed by atoms with Gasteiger partial charge in [0.15, 0.2) is 0 Å². The number of morpholine rings is 1. The Bertz CT molecular complexity index is 566. The van der Waals surface area contributed by atoms with Crippen molar-refractivity contribution in [2.24, 2.45) is 5.73 Å². The van der Waals surface area contributed by atoms with E-state index < -0.39 is 0 Å². The number of hydrogen-bond donors (Lipinski definition) is 3. The second kappa shape index (κ2) is 8.92. The molecular formula is C18H30N4O3. The molecule has 0 radical (unpaired) electrons. The van der Waals surface area contributed by atoms with Gasteiger partial charge in [0, 0.05) is 30.4 Å². The van der Waals surface area contributed by atoms with Crippen molar-refractivity contribution in [1.82, 2.24) is 5.32 Å². The average molecular weight is 350 g/mol. The Hall–Kier alpha value is -1.99. The molecule has 140 valence electrons. The third kappa shape index (κ3) is 6.43. The van der Waals surface area contributed by atoms with E-state index in [0.29, 0.717) is 24.6 Å². The lowest BCUT2D eigenvalue weighted by Gasteiger charge is -2.29. The first-order chi connectivity index (χ1) is 11.9. The van der Waals surface area contributed by atoms with Gasteiger partial charge in [-0.05, 0) is 45.9 Å². The number of urea groups is 1. The van der Waals surface area contributed by atoms with Gasteiger partial charge in [0.2, 0.25) is 0 Å². The molecule has 4 N–H and O–H groups in total. The van der Waals surface area contributed by atoms with Gasteiger partial charge in [-0.3, -0.25) is 0 Å². The molecule has 0 unspecified atom stereocenters. The zero-order valence-corrected chi connectivity index (χ0v) is 15.4. The number of nitrogens with one attached hydrogen (secondary N) is 2. The van der Waals surface area contributed by atoms with E-state index in [-0.39, 0.29) is 11.6 Å². The highest BCUT2D eigenvalue weighted by Gasteiger charge is 2.17. The fraction of sp³-hybridized carbons (Fsp3) is 0.611. The topological polar surface area (TPSA) is 88.9 Å². The monoisotopic (exact) mass is 350 g/mol. The predicted octanol–water partition coefficient (Wildman–Crippen LogP) is 2.17. The van der Waals surface area contributed by atoms with Crippen LogP contribution in [0.15, 0.2) is 18.2 Å². The summed E-state index contributed by atoms with van der Waals surface area (Å²) in [6.45, 7) is 10.0. The summed E-state index contributed by atoms with van der Waals surface area (Å²) in [5, 5.41) is 5.76. The molecule has 1 aromatic carbocycles. The lowest BCUT2D eigenvalue weighted by atomic mass is 10.1. The van der Waals surface area contributed by atoms with E-state index in [2.05, 4.69) is 15.5 Å². The fourth-order valence-corrected chi connectivity index (χ4v) is 2.51. The summed E-state index contributed by atoms with van der Waals surface area (Å²) in [5.41, 5.74) is 6.95. The maximum Gasteiger partial charge on any atom is 0.319 e. The Kier molecular flexibility index (Phi) is 6.90. The van der Waals surface area contributed by atoms with Crippen LogP contribution < -0.4 is 26.0 Å². The molecule has 0 aromatic heterocycles. The van der Waals surface area contributed by atoms with E-state index in [9.17, 15) is 4.79 Å². The summed E-state index contributed by atoms with van der Waals surface area (Å²) in [4.78, 5) is 14.4. The van der Waals surface area contributed by atoms with Gasteiger partial charge in [-0.15, -0.1) is 0 Å². The molecule has 1 aliphatic rings. The molecule has 0 aliphatic carbocycles. The molecule has 0 saturated carbocycles. The third-order valence-electron chi connectivity index (χ3n) is 3.68. The van der Waals surface area contributed by atoms with Gasteiger partial charge in [0.1, 0.15) is 5.75 Å². The Morgan fingerprint density at radius 3 is 2.68 bits per heavy atom. The van der Waals surface area contributed by atoms with Crippen LogP contribution in [0.25, 0.3) is 0 Å². The molecule has 1 aliphatic heterocycles. The van der Waals surface area contributed by atoms with Crippen LogP contribution in [-0.2, 0) is 4.74 Å². The van der Waals surface area contributed by atoms with E-state index in [1.807, 2.05) is 39.0 Å². The number of hydrogen-bond acceptors (Lipinski definition) is 5. The minimum atomic E-state index is -0.307. The van der Waals surface area contributed by atoms with Crippen molar-refractivity contribution in [2.75, 3.05) is 49.7 Å². The van der Waals surface area contributed by atoms with Crippen LogP contribution in [0.3, 0.4) is 0 Å². The van der Waals surface area contributed by atoms with Crippen molar-refractivity contribution in [1.29, 1.82) is 0 Å². The van der Waals surface area contributed by atoms with Crippen LogP contribution in [0.1, 0.15) is 27.2 Å². The Balaban J connectivity index is 2.14. The van der Waals surface area contributed by atoms with Crippen LogP contribution in [0.4, 0.5) is 16.2 Å². The molecule has 0 spiro atoms. The highest BCUT2D eigenvalue weighted by atomic mass is 16.5. The van der Waals surface area contributed by atoms with E-state index in [1.165, 1.54) is 0 Å². The van der Waals surface area contributed by atoms with Crippen molar-refractivity contribution >= 4 is 17.4 Å². The van der Waals surface area contributed by atoms with E-state index in [1.54, 1.807) is 0 Å². The first-order valence-corrected chi connectivity index (χ1v) is 8.78. The van der Waals surface area contributed by atoms with E-state index >= 15 is 0 Å². The van der Waals surface area contributed by atoms with E-state index in [4.69, 9.17) is 15.2 Å². The second-order valence-corrected chi connectivity index (χ2v) is 7.10. The summed E-state index contributed by atoms with van der Waals surface area (Å²) >= 11 is 0. The quantitative estimate of drug-likeness (QED) is 0.684. The van der Waals surface area contributed by atoms with Gasteiger partial charge >= 0.3 is 6.03 Å². The summed E-state index contributed by atoms with van der Waals surface area (Å²) in [5.74, 6) is 0.654. The van der Waals surface area contributed by atoms with Crippen molar-refractivity contribution < 1.29 is 14.3 Å². The molecule has 1 fully saturated rings. The molecule has 0 bridgehead atoms. The number of rotatable bonds is 6. The van der Waals surface area contributed by atoms with Crippen LogP contribution in [-0.4, -0.2) is 51.0 Å². The van der Waals surface area contributed by atoms with Gasteiger partial charge < -0.3 is 30.7 Å². The molecular weight excluding hydrogens is 320 g/mol. The normalized spacial score (nSPS) is 15.0. The van der Waals surface area contributed by atoms with Crippen molar-refractivity contribution in [3.05, 3.63) is 18.2 Å². The first kappa shape index (κ1) is 19.3. The molecule has 25 heavy (non-hydrogen) atoms. The highest BCUT2D eigenvalue weighted by molar-refractivity contribution is 5.91. The number of nitrogens with two attached hydrogens (primary N) is 1. The van der Waals surface area contributed by atoms with Gasteiger partial charge in [-0.2, -0.15) is 0 Å². The van der Waals surface area contributed by atoms with Gasteiger partial charge in [0.25, 0.3) is 0 Å². The highest BCUT2D eigenvalue weighted by Crippen LogP contribution is 2.30. The second-order valence-electron chi connectivity index (χ2n) is 7.10. The summed E-state index contributed by atoms with van der Waals surface area (Å²) in [6, 6.07) is 5.59. The maximum absolute atomic E-state index is 12.2. The van der Waals surface area contributed by atoms with Crippen molar-refractivity contribution in [3.63, 3.8) is 0 Å². The van der Waals surface area contributed by atoms with Gasteiger partial charge in [0.05, 0.1) is 25.5 Å². The Labute approximate surface area is 149 Å². The van der Waals surface area contributed by atoms with Crippen LogP contribution in [0.5, 0.6) is 5.75 Å². The zero-order valence-electron chi connectivity index (χ0n) is 15.4. The van der Waals surface area contributed by atoms with Crippen LogP contribution in [0.2, 0.25) is 0 Å². The largest absolute Gasteiger partial charge is 0.491 e. The number of ether oxygens (including phenoxy) is 2. The zero-order chi connectivity index (χ0) is 18.3. The minimum Gasteiger partial charge on any atom is -0.491 e. The maximum atomic E-state index is 12.2. The smallest absolute Gasteiger partial charge is 0.319 e. The van der Waals surface area contributed by atoms with Crippen LogP contribution >= 0.6 is 0 Å². The first-order valence-electron chi connectivity index (χ1n) is 8.78. The molecule has 2 rings (SSSR count). The summed E-state index contributed by atoms with van der Waals surface area (Å²) in [6.07, 6.45) is 0.759. The Morgan fingerprint density at radius 2 is 2.04 bits per heavy atom. The lowest BCUT2D eigenvalue weighted by Crippen LogP contribution is -2.43. The number of carbonyl (C=O) groups excluding carboxylic acids is 1. The fourth-order valence-electron chi connectivity index (χ4n) is 2.51. The molecule has 2 amide bonds. The van der Waals surface area contributed by atoms with Crippen molar-refractivity contribution in [3.8, 4) is 5.75 Å². The number of anilines is 2. The minimum absolute atomic E-state index is 0.254. The lowest BCUT2D eigenvalue weighted by molar-refractivity contribution is 0.122. The van der Waals surface area contributed by atoms with Crippen LogP contribution in [0, 0.1) is 0 Å². The number of amides is 2. The molecule has 7 heteroatoms. The number of carbonyl (C=O) groups is 1. The molecule has 1 saturated heterocycles. The SMILES string of the molecule is CC(C)(C)NC(=O)Nc1ccc(N2CCOCC2)cc1OCCCN. The van der Waals surface area contributed by atoms with E-state index in [0.717, 1.165) is 38.4 Å². The number of nitrogens with zero attached hydrogens (tertiary/aromatic N) is 1. The molecule has 1 heterocycles. The average Bonchev–Trinajstić information content (AvgIpc) is 2.55. The molecule has 0 atom stereocenters. The molecule has 1 aromatic rings. The van der Waals surface area contributed by atoms with Gasteiger partial charge in [-0.25, -0.2) is 4.79 Å². The summed E-state index contributed by atoms with van der Waals surface area (Å²) < 4.78 is 11.3. The van der Waals surface area contributed by atoms with Gasteiger partial charge in [-0.1, -0.05) is 0 Å². The number of benzene rings is 1. The molecule has 7 nitrogen and oxygen atoms in total. The van der Waals surface area contributed by atoms with Crippen molar-refractivity contribution in [2.45, 2.75) is 32.7 Å². The standard InChI is InChI=1S/C18H30N4O3/c1-18(2,3)21-17(23)20-15-6-5-14(22-8-11-24-12-9-22)13-16(15)25-10-4-7-19/h5-6,13H,4,7-12,19H2,1-3H3,(H2,20,21,23).